The Morgan fingerprint density at radius 2 is 2.06 bits per heavy atom. The molecule has 0 atom stereocenters. The molecule has 0 bridgehead atoms. The molecule has 8 heteroatoms. The summed E-state index contributed by atoms with van der Waals surface area (Å²) in [5.41, 5.74) is 0.552. The molecule has 0 radical (unpaired) electrons. The summed E-state index contributed by atoms with van der Waals surface area (Å²) in [6.45, 7) is 1.68. The van der Waals surface area contributed by atoms with Crippen LogP contribution in [-0.4, -0.2) is 23.2 Å². The van der Waals surface area contributed by atoms with Crippen molar-refractivity contribution in [1.82, 2.24) is 14.8 Å². The Bertz CT molecular complexity index is 664. The average Bonchev–Trinajstić information content (AvgIpc) is 2.63. The number of nitrogens with zero attached hydrogens (tertiary/aromatic N) is 3. The molecule has 0 saturated heterocycles. The fourth-order valence-corrected chi connectivity index (χ4v) is 2.70. The number of aryl methyl sites for hydroxylation is 1. The molecular formula is C10H11ClN4O2S. The monoisotopic (exact) mass is 286 g/mol. The van der Waals surface area contributed by atoms with E-state index < -0.39 is 10.0 Å². The van der Waals surface area contributed by atoms with E-state index in [-0.39, 0.29) is 10.7 Å². The lowest BCUT2D eigenvalue weighted by atomic mass is 10.5. The van der Waals surface area contributed by atoms with Crippen LogP contribution < -0.4 is 4.72 Å². The van der Waals surface area contributed by atoms with E-state index in [4.69, 9.17) is 11.6 Å². The highest BCUT2D eigenvalue weighted by Gasteiger charge is 2.20. The molecular weight excluding hydrogens is 276 g/mol. The summed E-state index contributed by atoms with van der Waals surface area (Å²) in [4.78, 5) is 4.00. The Morgan fingerprint density at radius 3 is 2.56 bits per heavy atom. The van der Waals surface area contributed by atoms with Crippen molar-refractivity contribution in [3.8, 4) is 0 Å². The molecule has 2 heterocycles. The van der Waals surface area contributed by atoms with E-state index in [0.29, 0.717) is 10.7 Å². The number of pyridine rings is 1. The SMILES string of the molecule is Cc1c(S(=O)(=O)Nc2ccc(Cl)cn2)cnn1C. The van der Waals surface area contributed by atoms with Crippen molar-refractivity contribution in [1.29, 1.82) is 0 Å². The maximum Gasteiger partial charge on any atom is 0.266 e. The number of hydrogen-bond donors (Lipinski definition) is 1. The number of hydrogen-bond acceptors (Lipinski definition) is 4. The summed E-state index contributed by atoms with van der Waals surface area (Å²) in [6, 6.07) is 3.05. The lowest BCUT2D eigenvalue weighted by Gasteiger charge is -2.06. The topological polar surface area (TPSA) is 76.9 Å². The van der Waals surface area contributed by atoms with Crippen LogP contribution in [0.15, 0.2) is 29.4 Å². The summed E-state index contributed by atoms with van der Waals surface area (Å²) in [5, 5.41) is 4.33. The molecule has 0 aliphatic rings. The Hall–Kier alpha value is -1.60. The Kier molecular flexibility index (Phi) is 3.27. The van der Waals surface area contributed by atoms with Gasteiger partial charge in [0.1, 0.15) is 10.7 Å². The van der Waals surface area contributed by atoms with Crippen LogP contribution in [0.25, 0.3) is 0 Å². The minimum atomic E-state index is -3.67. The number of halogens is 1. The van der Waals surface area contributed by atoms with Gasteiger partial charge in [-0.1, -0.05) is 11.6 Å². The first-order valence-electron chi connectivity index (χ1n) is 5.03. The maximum absolute atomic E-state index is 12.1. The number of sulfonamides is 1. The zero-order valence-electron chi connectivity index (χ0n) is 9.75. The summed E-state index contributed by atoms with van der Waals surface area (Å²) in [6.07, 6.45) is 2.67. The second-order valence-electron chi connectivity index (χ2n) is 3.68. The minimum Gasteiger partial charge on any atom is -0.272 e. The van der Waals surface area contributed by atoms with E-state index in [9.17, 15) is 8.42 Å². The fourth-order valence-electron chi connectivity index (χ4n) is 1.37. The van der Waals surface area contributed by atoms with Gasteiger partial charge in [-0.25, -0.2) is 13.4 Å². The number of rotatable bonds is 3. The molecule has 0 aromatic carbocycles. The largest absolute Gasteiger partial charge is 0.272 e. The van der Waals surface area contributed by atoms with E-state index in [2.05, 4.69) is 14.8 Å². The van der Waals surface area contributed by atoms with E-state index in [0.717, 1.165) is 0 Å². The third-order valence-electron chi connectivity index (χ3n) is 2.45. The van der Waals surface area contributed by atoms with Gasteiger partial charge in [0, 0.05) is 13.2 Å². The van der Waals surface area contributed by atoms with Crippen LogP contribution >= 0.6 is 11.6 Å². The standard InChI is InChI=1S/C10H11ClN4O2S/c1-7-9(6-13-15(7)2)18(16,17)14-10-4-3-8(11)5-12-10/h3-6H,1-2H3,(H,12,14). The molecule has 1 N–H and O–H groups in total. The molecule has 18 heavy (non-hydrogen) atoms. The lowest BCUT2D eigenvalue weighted by molar-refractivity contribution is 0.600. The third kappa shape index (κ3) is 2.46. The first kappa shape index (κ1) is 12.8. The van der Waals surface area contributed by atoms with Gasteiger partial charge in [-0.05, 0) is 19.1 Å². The first-order chi connectivity index (χ1) is 8.40. The molecule has 0 aliphatic heterocycles. The van der Waals surface area contributed by atoms with Gasteiger partial charge in [-0.3, -0.25) is 9.40 Å². The highest BCUT2D eigenvalue weighted by molar-refractivity contribution is 7.92. The second-order valence-corrected chi connectivity index (χ2v) is 5.77. The molecule has 6 nitrogen and oxygen atoms in total. The zero-order valence-corrected chi connectivity index (χ0v) is 11.3. The van der Waals surface area contributed by atoms with Crippen LogP contribution in [0.2, 0.25) is 5.02 Å². The summed E-state index contributed by atoms with van der Waals surface area (Å²) >= 11 is 5.68. The molecule has 0 spiro atoms. The molecule has 2 rings (SSSR count). The van der Waals surface area contributed by atoms with Crippen molar-refractivity contribution in [2.24, 2.45) is 7.05 Å². The van der Waals surface area contributed by atoms with Crippen LogP contribution in [0, 0.1) is 6.92 Å². The van der Waals surface area contributed by atoms with Crippen LogP contribution in [0.3, 0.4) is 0 Å². The van der Waals surface area contributed by atoms with Crippen molar-refractivity contribution < 1.29 is 8.42 Å². The zero-order chi connectivity index (χ0) is 13.3. The minimum absolute atomic E-state index is 0.127. The van der Waals surface area contributed by atoms with Crippen LogP contribution in [0.4, 0.5) is 5.82 Å². The molecule has 96 valence electrons. The molecule has 2 aromatic heterocycles. The second kappa shape index (κ2) is 4.58. The van der Waals surface area contributed by atoms with Crippen molar-refractivity contribution in [2.45, 2.75) is 11.8 Å². The van der Waals surface area contributed by atoms with Gasteiger partial charge in [-0.2, -0.15) is 5.10 Å². The van der Waals surface area contributed by atoms with Gasteiger partial charge in [0.2, 0.25) is 0 Å². The summed E-state index contributed by atoms with van der Waals surface area (Å²) < 4.78 is 28.0. The van der Waals surface area contributed by atoms with E-state index in [1.54, 1.807) is 20.0 Å². The maximum atomic E-state index is 12.1. The van der Waals surface area contributed by atoms with Crippen LogP contribution in [0.1, 0.15) is 5.69 Å². The molecule has 0 unspecified atom stereocenters. The van der Waals surface area contributed by atoms with Gasteiger partial charge in [0.05, 0.1) is 16.9 Å². The van der Waals surface area contributed by atoms with E-state index >= 15 is 0 Å². The first-order valence-corrected chi connectivity index (χ1v) is 6.89. The Balaban J connectivity index is 2.33. The van der Waals surface area contributed by atoms with E-state index in [1.807, 2.05) is 0 Å². The molecule has 0 fully saturated rings. The predicted octanol–water partition coefficient (Wildman–Crippen LogP) is 1.58. The molecule has 2 aromatic rings. The molecule has 0 aliphatic carbocycles. The van der Waals surface area contributed by atoms with Crippen molar-refractivity contribution >= 4 is 27.4 Å². The summed E-state index contributed by atoms with van der Waals surface area (Å²) in [7, 11) is -2.00. The average molecular weight is 287 g/mol. The molecule has 0 amide bonds. The lowest BCUT2D eigenvalue weighted by Crippen LogP contribution is -2.14. The van der Waals surface area contributed by atoms with Crippen LogP contribution in [0.5, 0.6) is 0 Å². The van der Waals surface area contributed by atoms with E-state index in [1.165, 1.54) is 23.1 Å². The van der Waals surface area contributed by atoms with Crippen molar-refractivity contribution in [3.63, 3.8) is 0 Å². The van der Waals surface area contributed by atoms with Gasteiger partial charge >= 0.3 is 0 Å². The van der Waals surface area contributed by atoms with Crippen molar-refractivity contribution in [2.75, 3.05) is 4.72 Å². The van der Waals surface area contributed by atoms with Gasteiger partial charge in [0.15, 0.2) is 0 Å². The fraction of sp³-hybridized carbons (Fsp3) is 0.200. The Morgan fingerprint density at radius 1 is 1.33 bits per heavy atom. The van der Waals surface area contributed by atoms with Crippen molar-refractivity contribution in [3.05, 3.63) is 35.2 Å². The normalized spacial score (nSPS) is 11.5. The van der Waals surface area contributed by atoms with Crippen LogP contribution in [-0.2, 0) is 17.1 Å². The number of nitrogens with one attached hydrogen (secondary N) is 1. The predicted molar refractivity (Wildman–Crippen MR) is 68.0 cm³/mol. The van der Waals surface area contributed by atoms with Gasteiger partial charge in [0.25, 0.3) is 10.0 Å². The smallest absolute Gasteiger partial charge is 0.266 e. The highest BCUT2D eigenvalue weighted by Crippen LogP contribution is 2.18. The quantitative estimate of drug-likeness (QED) is 0.929. The number of anilines is 1. The Labute approximate surface area is 110 Å². The summed E-state index contributed by atoms with van der Waals surface area (Å²) in [5.74, 6) is 0.211. The van der Waals surface area contributed by atoms with Gasteiger partial charge in [-0.15, -0.1) is 0 Å². The van der Waals surface area contributed by atoms with Gasteiger partial charge < -0.3 is 0 Å². The molecule has 0 saturated carbocycles. The number of aromatic nitrogens is 3. The highest BCUT2D eigenvalue weighted by atomic mass is 35.5. The third-order valence-corrected chi connectivity index (χ3v) is 4.13.